The second-order valence-electron chi connectivity index (χ2n) is 5.98. The number of para-hydroxylation sites is 1. The van der Waals surface area contributed by atoms with Crippen LogP contribution in [-0.4, -0.2) is 10.9 Å². The van der Waals surface area contributed by atoms with E-state index in [1.165, 1.54) is 17.4 Å². The Bertz CT molecular complexity index is 1130. The van der Waals surface area contributed by atoms with Crippen molar-refractivity contribution in [1.82, 2.24) is 4.98 Å². The highest BCUT2D eigenvalue weighted by atomic mass is 35.5. The zero-order valence-electron chi connectivity index (χ0n) is 14.4. The highest BCUT2D eigenvalue weighted by molar-refractivity contribution is 7.22. The molecule has 0 radical (unpaired) electrons. The zero-order valence-corrected chi connectivity index (χ0v) is 16.0. The molecule has 1 N–H and O–H groups in total. The zero-order chi connectivity index (χ0) is 18.8. The summed E-state index contributed by atoms with van der Waals surface area (Å²) in [6, 6.07) is 17.2. The van der Waals surface area contributed by atoms with Gasteiger partial charge in [-0.05, 0) is 48.9 Å². The second-order valence-corrected chi connectivity index (χ2v) is 7.41. The minimum Gasteiger partial charge on any atom is -0.457 e. The van der Waals surface area contributed by atoms with Gasteiger partial charge in [0.1, 0.15) is 11.5 Å². The largest absolute Gasteiger partial charge is 0.457 e. The van der Waals surface area contributed by atoms with Crippen LogP contribution < -0.4 is 5.32 Å². The maximum atomic E-state index is 12.1. The number of carbonyl (C=O) groups is 1. The average Bonchev–Trinajstić information content (AvgIpc) is 3.28. The van der Waals surface area contributed by atoms with Crippen LogP contribution in [0.1, 0.15) is 11.3 Å². The number of nitrogens with one attached hydrogen (secondary N) is 1. The molecule has 2 aromatic carbocycles. The number of furan rings is 1. The first kappa shape index (κ1) is 17.5. The van der Waals surface area contributed by atoms with Crippen molar-refractivity contribution in [3.8, 4) is 11.3 Å². The third kappa shape index (κ3) is 3.94. The number of amides is 1. The van der Waals surface area contributed by atoms with Crippen LogP contribution in [0.3, 0.4) is 0 Å². The topological polar surface area (TPSA) is 55.1 Å². The van der Waals surface area contributed by atoms with Crippen molar-refractivity contribution in [2.75, 3.05) is 5.32 Å². The first-order chi connectivity index (χ1) is 13.1. The molecule has 1 amide bonds. The fraction of sp³-hybridized carbons (Fsp3) is 0.0476. The summed E-state index contributed by atoms with van der Waals surface area (Å²) in [6.45, 7) is 1.95. The summed E-state index contributed by atoms with van der Waals surface area (Å²) < 4.78 is 6.81. The molecule has 0 atom stereocenters. The van der Waals surface area contributed by atoms with Crippen molar-refractivity contribution in [1.29, 1.82) is 0 Å². The third-order valence-electron chi connectivity index (χ3n) is 4.01. The van der Waals surface area contributed by atoms with Gasteiger partial charge in [-0.3, -0.25) is 10.1 Å². The first-order valence-electron chi connectivity index (χ1n) is 8.29. The van der Waals surface area contributed by atoms with Crippen LogP contribution in [0.2, 0.25) is 5.02 Å². The van der Waals surface area contributed by atoms with Crippen molar-refractivity contribution in [3.63, 3.8) is 0 Å². The summed E-state index contributed by atoms with van der Waals surface area (Å²) in [5, 5.41) is 4.04. The Hall–Kier alpha value is -2.89. The molecule has 27 heavy (non-hydrogen) atoms. The van der Waals surface area contributed by atoms with Gasteiger partial charge < -0.3 is 4.42 Å². The number of nitrogens with zero attached hydrogens (tertiary/aromatic N) is 1. The van der Waals surface area contributed by atoms with Crippen LogP contribution in [0.25, 0.3) is 27.6 Å². The minimum atomic E-state index is -0.259. The molecule has 0 aliphatic carbocycles. The maximum absolute atomic E-state index is 12.1. The van der Waals surface area contributed by atoms with E-state index in [0.717, 1.165) is 21.3 Å². The number of hydrogen-bond donors (Lipinski definition) is 1. The van der Waals surface area contributed by atoms with E-state index in [0.29, 0.717) is 21.7 Å². The van der Waals surface area contributed by atoms with E-state index in [9.17, 15) is 4.79 Å². The molecule has 0 saturated heterocycles. The van der Waals surface area contributed by atoms with Crippen molar-refractivity contribution in [3.05, 3.63) is 77.0 Å². The Kier molecular flexibility index (Phi) is 4.79. The van der Waals surface area contributed by atoms with Crippen LogP contribution in [-0.2, 0) is 4.79 Å². The molecule has 134 valence electrons. The second kappa shape index (κ2) is 7.39. The molecule has 0 aliphatic heterocycles. The van der Waals surface area contributed by atoms with Gasteiger partial charge in [-0.2, -0.15) is 0 Å². The molecule has 4 nitrogen and oxygen atoms in total. The van der Waals surface area contributed by atoms with Crippen LogP contribution in [0.4, 0.5) is 5.13 Å². The number of fused-ring (bicyclic) bond motifs is 1. The maximum Gasteiger partial charge on any atom is 0.250 e. The summed E-state index contributed by atoms with van der Waals surface area (Å²) in [5.41, 5.74) is 2.78. The van der Waals surface area contributed by atoms with Crippen molar-refractivity contribution >= 4 is 50.3 Å². The number of aromatic nitrogens is 1. The highest BCUT2D eigenvalue weighted by Gasteiger charge is 2.07. The quantitative estimate of drug-likeness (QED) is 0.421. The molecule has 0 saturated carbocycles. The number of halogens is 1. The van der Waals surface area contributed by atoms with Gasteiger partial charge in [0.2, 0.25) is 5.91 Å². The van der Waals surface area contributed by atoms with Gasteiger partial charge in [0.25, 0.3) is 0 Å². The number of aryl methyl sites for hydroxylation is 1. The summed E-state index contributed by atoms with van der Waals surface area (Å²) >= 11 is 7.60. The van der Waals surface area contributed by atoms with Gasteiger partial charge in [-0.15, -0.1) is 0 Å². The molecule has 0 unspecified atom stereocenters. The Morgan fingerprint density at radius 3 is 2.85 bits per heavy atom. The number of rotatable bonds is 4. The van der Waals surface area contributed by atoms with E-state index in [4.69, 9.17) is 16.0 Å². The summed E-state index contributed by atoms with van der Waals surface area (Å²) in [4.78, 5) is 16.5. The predicted octanol–water partition coefficient (Wildman–Crippen LogP) is 6.17. The summed E-state index contributed by atoms with van der Waals surface area (Å²) in [5.74, 6) is 1.02. The van der Waals surface area contributed by atoms with Gasteiger partial charge in [-0.25, -0.2) is 4.98 Å². The number of carbonyl (C=O) groups excluding carboxylic acids is 1. The molecule has 6 heteroatoms. The van der Waals surface area contributed by atoms with E-state index in [1.807, 2.05) is 61.5 Å². The summed E-state index contributed by atoms with van der Waals surface area (Å²) in [6.07, 6.45) is 3.05. The van der Waals surface area contributed by atoms with Gasteiger partial charge in [0.05, 0.1) is 10.2 Å². The highest BCUT2D eigenvalue weighted by Crippen LogP contribution is 2.28. The van der Waals surface area contributed by atoms with Crippen molar-refractivity contribution in [2.24, 2.45) is 0 Å². The Morgan fingerprint density at radius 2 is 2.04 bits per heavy atom. The molecule has 4 rings (SSSR count). The lowest BCUT2D eigenvalue weighted by atomic mass is 10.1. The number of thiazole rings is 1. The minimum absolute atomic E-state index is 0.259. The molecule has 4 aromatic rings. The van der Waals surface area contributed by atoms with Crippen LogP contribution in [0, 0.1) is 6.92 Å². The smallest absolute Gasteiger partial charge is 0.250 e. The van der Waals surface area contributed by atoms with Crippen molar-refractivity contribution < 1.29 is 9.21 Å². The van der Waals surface area contributed by atoms with Gasteiger partial charge in [0.15, 0.2) is 5.13 Å². The van der Waals surface area contributed by atoms with Gasteiger partial charge in [0, 0.05) is 16.7 Å². The Morgan fingerprint density at radius 1 is 1.19 bits per heavy atom. The lowest BCUT2D eigenvalue weighted by Crippen LogP contribution is -2.07. The van der Waals surface area contributed by atoms with E-state index < -0.39 is 0 Å². The molecular weight excluding hydrogens is 380 g/mol. The van der Waals surface area contributed by atoms with Crippen LogP contribution >= 0.6 is 22.9 Å². The van der Waals surface area contributed by atoms with Crippen molar-refractivity contribution in [2.45, 2.75) is 6.92 Å². The molecule has 2 aromatic heterocycles. The molecule has 0 aliphatic rings. The predicted molar refractivity (Wildman–Crippen MR) is 111 cm³/mol. The SMILES string of the molecule is Cc1ccc(-c2ccc(/C=C/C(=O)Nc3nc4ccccc4s3)o2)cc1Cl. The Labute approximate surface area is 165 Å². The normalized spacial score (nSPS) is 11.3. The molecule has 0 bridgehead atoms. The van der Waals surface area contributed by atoms with E-state index >= 15 is 0 Å². The van der Waals surface area contributed by atoms with E-state index in [1.54, 1.807) is 6.08 Å². The van der Waals surface area contributed by atoms with Crippen LogP contribution in [0.5, 0.6) is 0 Å². The average molecular weight is 395 g/mol. The molecule has 0 fully saturated rings. The van der Waals surface area contributed by atoms with Crippen LogP contribution in [0.15, 0.2) is 65.1 Å². The monoisotopic (exact) mass is 394 g/mol. The first-order valence-corrected chi connectivity index (χ1v) is 9.49. The number of hydrogen-bond acceptors (Lipinski definition) is 4. The lowest BCUT2D eigenvalue weighted by molar-refractivity contribution is -0.111. The van der Waals surface area contributed by atoms with E-state index in [-0.39, 0.29) is 5.91 Å². The fourth-order valence-corrected chi connectivity index (χ4v) is 3.62. The molecule has 2 heterocycles. The van der Waals surface area contributed by atoms with E-state index in [2.05, 4.69) is 10.3 Å². The molecular formula is C21H15ClN2O2S. The number of anilines is 1. The van der Waals surface area contributed by atoms with Gasteiger partial charge >= 0.3 is 0 Å². The summed E-state index contributed by atoms with van der Waals surface area (Å²) in [7, 11) is 0. The standard InChI is InChI=1S/C21H15ClN2O2S/c1-13-6-7-14(12-16(13)22)18-10-8-15(26-18)9-11-20(25)24-21-23-17-4-2-3-5-19(17)27-21/h2-12H,1H3,(H,23,24,25)/b11-9+. The lowest BCUT2D eigenvalue weighted by Gasteiger charge is -2.00. The Balaban J connectivity index is 1.45. The fourth-order valence-electron chi connectivity index (χ4n) is 2.57. The number of benzene rings is 2. The van der Waals surface area contributed by atoms with Gasteiger partial charge in [-0.1, -0.05) is 47.2 Å². The molecule has 0 spiro atoms. The third-order valence-corrected chi connectivity index (χ3v) is 5.37.